The van der Waals surface area contributed by atoms with E-state index in [-0.39, 0.29) is 12.6 Å². The second-order valence-corrected chi connectivity index (χ2v) is 8.09. The fourth-order valence-electron chi connectivity index (χ4n) is 2.54. The zero-order valence-corrected chi connectivity index (χ0v) is 17.9. The summed E-state index contributed by atoms with van der Waals surface area (Å²) in [5, 5.41) is 4.27. The minimum Gasteiger partial charge on any atom is -0.466 e. The van der Waals surface area contributed by atoms with E-state index < -0.39 is 10.1 Å². The SMILES string of the molecule is CCOC(=O)CCCCO/N=C(\c1cccnc1)c1cccc(COS(C)(=O)=O)c1. The minimum atomic E-state index is -3.54. The van der Waals surface area contributed by atoms with E-state index in [0.717, 1.165) is 17.4 Å². The number of benzene rings is 1. The molecule has 2 rings (SSSR count). The number of pyridine rings is 1. The molecule has 9 heteroatoms. The number of hydrogen-bond acceptors (Lipinski definition) is 8. The average molecular weight is 435 g/mol. The van der Waals surface area contributed by atoms with Gasteiger partial charge in [0.25, 0.3) is 10.1 Å². The molecule has 162 valence electrons. The molecule has 0 aliphatic heterocycles. The van der Waals surface area contributed by atoms with Crippen LogP contribution in [0.1, 0.15) is 42.9 Å². The Balaban J connectivity index is 2.07. The smallest absolute Gasteiger partial charge is 0.305 e. The number of carbonyl (C=O) groups is 1. The van der Waals surface area contributed by atoms with Gasteiger partial charge in [-0.3, -0.25) is 14.0 Å². The standard InChI is InChI=1S/C21H26N2O6S/c1-3-27-20(24)11-4-5-13-28-23-21(19-10-7-12-22-15-19)18-9-6-8-17(14-18)16-29-30(2,25)26/h6-10,12,14-15H,3-5,11,13,16H2,1-2H3/b23-21-. The van der Waals surface area contributed by atoms with Crippen LogP contribution in [-0.2, 0) is 35.3 Å². The molecule has 30 heavy (non-hydrogen) atoms. The second-order valence-electron chi connectivity index (χ2n) is 6.44. The Kier molecular flexibility index (Phi) is 9.43. The highest BCUT2D eigenvalue weighted by molar-refractivity contribution is 7.85. The molecule has 0 amide bonds. The molecule has 0 saturated carbocycles. The molecule has 8 nitrogen and oxygen atoms in total. The van der Waals surface area contributed by atoms with Crippen LogP contribution in [0.5, 0.6) is 0 Å². The molecule has 0 atom stereocenters. The summed E-state index contributed by atoms with van der Waals surface area (Å²) < 4.78 is 32.3. The van der Waals surface area contributed by atoms with Gasteiger partial charge >= 0.3 is 5.97 Å². The lowest BCUT2D eigenvalue weighted by Crippen LogP contribution is -2.08. The van der Waals surface area contributed by atoms with Crippen molar-refractivity contribution in [1.29, 1.82) is 0 Å². The maximum absolute atomic E-state index is 11.4. The minimum absolute atomic E-state index is 0.0677. The van der Waals surface area contributed by atoms with Gasteiger partial charge in [0.15, 0.2) is 0 Å². The predicted octanol–water partition coefficient (Wildman–Crippen LogP) is 3.06. The van der Waals surface area contributed by atoms with Crippen LogP contribution >= 0.6 is 0 Å². The number of rotatable bonds is 12. The van der Waals surface area contributed by atoms with Crippen LogP contribution in [0, 0.1) is 0 Å². The van der Waals surface area contributed by atoms with E-state index in [9.17, 15) is 13.2 Å². The highest BCUT2D eigenvalue weighted by atomic mass is 32.2. The van der Waals surface area contributed by atoms with Gasteiger partial charge in [-0.1, -0.05) is 23.4 Å². The molecule has 1 heterocycles. The summed E-state index contributed by atoms with van der Waals surface area (Å²) in [4.78, 5) is 21.0. The molecule has 1 aromatic carbocycles. The van der Waals surface area contributed by atoms with Gasteiger partial charge in [-0.25, -0.2) is 0 Å². The Bertz CT molecular complexity index is 945. The molecular weight excluding hydrogens is 408 g/mol. The molecule has 0 bridgehead atoms. The summed E-state index contributed by atoms with van der Waals surface area (Å²) in [6.45, 7) is 2.43. The molecule has 0 aliphatic carbocycles. The van der Waals surface area contributed by atoms with Gasteiger partial charge in [0, 0.05) is 29.9 Å². The van der Waals surface area contributed by atoms with E-state index in [4.69, 9.17) is 13.8 Å². The van der Waals surface area contributed by atoms with E-state index in [1.54, 1.807) is 43.6 Å². The number of unbranched alkanes of at least 4 members (excludes halogenated alkanes) is 1. The van der Waals surface area contributed by atoms with Gasteiger partial charge in [-0.05, 0) is 43.5 Å². The Hall–Kier alpha value is -2.78. The lowest BCUT2D eigenvalue weighted by atomic mass is 10.0. The monoisotopic (exact) mass is 434 g/mol. The number of ether oxygens (including phenoxy) is 1. The van der Waals surface area contributed by atoms with Crippen molar-refractivity contribution in [3.63, 3.8) is 0 Å². The van der Waals surface area contributed by atoms with E-state index in [2.05, 4.69) is 10.1 Å². The van der Waals surface area contributed by atoms with Crippen molar-refractivity contribution in [1.82, 2.24) is 4.98 Å². The number of esters is 1. The first kappa shape index (κ1) is 23.5. The van der Waals surface area contributed by atoms with Gasteiger partial charge in [0.2, 0.25) is 0 Å². The zero-order chi connectivity index (χ0) is 21.8. The van der Waals surface area contributed by atoms with Crippen molar-refractivity contribution < 1.29 is 27.0 Å². The molecule has 0 radical (unpaired) electrons. The maximum atomic E-state index is 11.4. The third-order valence-electron chi connectivity index (χ3n) is 3.90. The Labute approximate surface area is 177 Å². The first-order chi connectivity index (χ1) is 14.4. The topological polar surface area (TPSA) is 104 Å². The number of nitrogens with zero attached hydrogens (tertiary/aromatic N) is 2. The molecule has 0 fully saturated rings. The third kappa shape index (κ3) is 8.71. The largest absolute Gasteiger partial charge is 0.466 e. The van der Waals surface area contributed by atoms with Gasteiger partial charge in [-0.2, -0.15) is 8.42 Å². The highest BCUT2D eigenvalue weighted by Gasteiger charge is 2.11. The van der Waals surface area contributed by atoms with Crippen molar-refractivity contribution >= 4 is 21.8 Å². The van der Waals surface area contributed by atoms with E-state index in [1.807, 2.05) is 12.1 Å². The van der Waals surface area contributed by atoms with E-state index >= 15 is 0 Å². The molecular formula is C21H26N2O6S. The zero-order valence-electron chi connectivity index (χ0n) is 17.1. The first-order valence-corrected chi connectivity index (χ1v) is 11.4. The summed E-state index contributed by atoms with van der Waals surface area (Å²) >= 11 is 0. The van der Waals surface area contributed by atoms with Crippen LogP contribution in [0.25, 0.3) is 0 Å². The molecule has 0 aliphatic rings. The van der Waals surface area contributed by atoms with E-state index in [0.29, 0.717) is 43.8 Å². The van der Waals surface area contributed by atoms with Crippen molar-refractivity contribution in [2.75, 3.05) is 19.5 Å². The predicted molar refractivity (Wildman–Crippen MR) is 112 cm³/mol. The van der Waals surface area contributed by atoms with Crippen molar-refractivity contribution in [3.05, 3.63) is 65.5 Å². The second kappa shape index (κ2) is 12.0. The highest BCUT2D eigenvalue weighted by Crippen LogP contribution is 2.14. The molecule has 0 N–H and O–H groups in total. The molecule has 2 aromatic rings. The quantitative estimate of drug-likeness (QED) is 0.166. The number of carbonyl (C=O) groups excluding carboxylic acids is 1. The first-order valence-electron chi connectivity index (χ1n) is 9.58. The molecule has 0 spiro atoms. The number of aromatic nitrogens is 1. The molecule has 0 unspecified atom stereocenters. The third-order valence-corrected chi connectivity index (χ3v) is 4.45. The lowest BCUT2D eigenvalue weighted by Gasteiger charge is -2.09. The number of hydrogen-bond donors (Lipinski definition) is 0. The average Bonchev–Trinajstić information content (AvgIpc) is 2.72. The normalized spacial score (nSPS) is 11.9. The Morgan fingerprint density at radius 3 is 2.63 bits per heavy atom. The van der Waals surface area contributed by atoms with Crippen molar-refractivity contribution in [3.8, 4) is 0 Å². The summed E-state index contributed by atoms with van der Waals surface area (Å²) in [6, 6.07) is 10.9. The number of oxime groups is 1. The van der Waals surface area contributed by atoms with Gasteiger partial charge < -0.3 is 9.57 Å². The Morgan fingerprint density at radius 2 is 1.93 bits per heavy atom. The summed E-state index contributed by atoms with van der Waals surface area (Å²) in [5.41, 5.74) is 2.74. The van der Waals surface area contributed by atoms with E-state index in [1.165, 1.54) is 0 Å². The molecule has 0 saturated heterocycles. The fourth-order valence-corrected chi connectivity index (χ4v) is 2.89. The lowest BCUT2D eigenvalue weighted by molar-refractivity contribution is -0.143. The maximum Gasteiger partial charge on any atom is 0.305 e. The fraction of sp³-hybridized carbons (Fsp3) is 0.381. The van der Waals surface area contributed by atoms with Crippen LogP contribution in [0.2, 0.25) is 0 Å². The summed E-state index contributed by atoms with van der Waals surface area (Å²) in [7, 11) is -3.54. The molecule has 1 aromatic heterocycles. The van der Waals surface area contributed by atoms with Crippen LogP contribution < -0.4 is 0 Å². The van der Waals surface area contributed by atoms with Crippen molar-refractivity contribution in [2.45, 2.75) is 32.8 Å². The van der Waals surface area contributed by atoms with Crippen LogP contribution in [0.15, 0.2) is 53.9 Å². The van der Waals surface area contributed by atoms with Crippen LogP contribution in [-0.4, -0.2) is 44.6 Å². The summed E-state index contributed by atoms with van der Waals surface area (Å²) in [5.74, 6) is -0.217. The van der Waals surface area contributed by atoms with Gasteiger partial charge in [0.05, 0.1) is 19.5 Å². The van der Waals surface area contributed by atoms with Crippen LogP contribution in [0.4, 0.5) is 0 Å². The van der Waals surface area contributed by atoms with Gasteiger partial charge in [-0.15, -0.1) is 0 Å². The van der Waals surface area contributed by atoms with Crippen LogP contribution in [0.3, 0.4) is 0 Å². The Morgan fingerprint density at radius 1 is 1.13 bits per heavy atom. The van der Waals surface area contributed by atoms with Crippen molar-refractivity contribution in [2.24, 2.45) is 5.16 Å². The summed E-state index contributed by atoms with van der Waals surface area (Å²) in [6.07, 6.45) is 5.99. The van der Waals surface area contributed by atoms with Gasteiger partial charge in [0.1, 0.15) is 12.3 Å².